The van der Waals surface area contributed by atoms with Crippen molar-refractivity contribution in [3.8, 4) is 11.1 Å². The fraction of sp³-hybridized carbons (Fsp3) is 0.217. The van der Waals surface area contributed by atoms with Gasteiger partial charge in [-0.3, -0.25) is 4.79 Å². The number of hydrogen-bond acceptors (Lipinski definition) is 2. The average Bonchev–Trinajstić information content (AvgIpc) is 3.20. The quantitative estimate of drug-likeness (QED) is 0.684. The lowest BCUT2D eigenvalue weighted by Crippen LogP contribution is -2.32. The van der Waals surface area contributed by atoms with Crippen LogP contribution in [0.3, 0.4) is 0 Å². The van der Waals surface area contributed by atoms with Gasteiger partial charge in [-0.25, -0.2) is 4.98 Å². The van der Waals surface area contributed by atoms with Crippen molar-refractivity contribution in [2.45, 2.75) is 32.2 Å². The smallest absolute Gasteiger partial charge is 0.252 e. The second-order valence-electron chi connectivity index (χ2n) is 7.80. The second-order valence-corrected chi connectivity index (χ2v) is 7.80. The first-order valence-corrected chi connectivity index (χ1v) is 9.34. The van der Waals surface area contributed by atoms with Crippen LogP contribution in [0.25, 0.3) is 27.7 Å². The number of pyridine rings is 1. The van der Waals surface area contributed by atoms with E-state index < -0.39 is 0 Å². The normalized spacial score (nSPS) is 17.7. The van der Waals surface area contributed by atoms with Gasteiger partial charge in [0.2, 0.25) is 0 Å². The van der Waals surface area contributed by atoms with Gasteiger partial charge in [0.05, 0.1) is 5.54 Å². The van der Waals surface area contributed by atoms with Crippen molar-refractivity contribution in [3.63, 3.8) is 0 Å². The first-order valence-electron chi connectivity index (χ1n) is 9.34. The fourth-order valence-electron chi connectivity index (χ4n) is 4.07. The molecule has 3 aromatic rings. The van der Waals surface area contributed by atoms with Gasteiger partial charge in [0.25, 0.3) is 5.91 Å². The number of hydrogen-bond donors (Lipinski definition) is 2. The summed E-state index contributed by atoms with van der Waals surface area (Å²) in [5, 5.41) is 4.15. The molecule has 1 aromatic carbocycles. The van der Waals surface area contributed by atoms with Crippen molar-refractivity contribution in [1.82, 2.24) is 15.3 Å². The number of nitrogens with zero attached hydrogens (tertiary/aromatic N) is 1. The molecule has 0 bridgehead atoms. The summed E-state index contributed by atoms with van der Waals surface area (Å²) in [7, 11) is 0. The minimum atomic E-state index is -0.352. The third kappa shape index (κ3) is 2.52. The molecule has 2 N–H and O–H groups in total. The highest BCUT2D eigenvalue weighted by Crippen LogP contribution is 2.36. The molecule has 0 spiro atoms. The third-order valence-electron chi connectivity index (χ3n) is 5.53. The van der Waals surface area contributed by atoms with E-state index in [1.807, 2.05) is 38.4 Å². The highest BCUT2D eigenvalue weighted by molar-refractivity contribution is 6.02. The van der Waals surface area contributed by atoms with Gasteiger partial charge >= 0.3 is 0 Å². The predicted octanol–water partition coefficient (Wildman–Crippen LogP) is 4.94. The van der Waals surface area contributed by atoms with Crippen LogP contribution in [-0.2, 0) is 5.54 Å². The zero-order chi connectivity index (χ0) is 18.6. The topological polar surface area (TPSA) is 57.8 Å². The Morgan fingerprint density at radius 1 is 1.07 bits per heavy atom. The van der Waals surface area contributed by atoms with Crippen molar-refractivity contribution < 1.29 is 4.79 Å². The number of rotatable bonds is 2. The van der Waals surface area contributed by atoms with Crippen molar-refractivity contribution in [2.75, 3.05) is 0 Å². The number of nitrogens with one attached hydrogen (secondary N) is 2. The molecule has 3 heterocycles. The molecular weight excluding hydrogens is 334 g/mol. The summed E-state index contributed by atoms with van der Waals surface area (Å²) in [4.78, 5) is 20.1. The van der Waals surface area contributed by atoms with E-state index in [-0.39, 0.29) is 11.4 Å². The molecule has 4 heteroatoms. The maximum absolute atomic E-state index is 12.2. The fourth-order valence-corrected chi connectivity index (χ4v) is 4.07. The van der Waals surface area contributed by atoms with E-state index >= 15 is 0 Å². The molecule has 1 aliphatic heterocycles. The van der Waals surface area contributed by atoms with Crippen molar-refractivity contribution in [1.29, 1.82) is 0 Å². The van der Waals surface area contributed by atoms with Crippen molar-refractivity contribution >= 4 is 22.5 Å². The zero-order valence-electron chi connectivity index (χ0n) is 15.5. The van der Waals surface area contributed by atoms with Gasteiger partial charge < -0.3 is 10.3 Å². The Bertz CT molecular complexity index is 1150. The number of aromatic amines is 1. The molecule has 1 aliphatic carbocycles. The minimum Gasteiger partial charge on any atom is -0.346 e. The molecule has 2 aliphatic rings. The van der Waals surface area contributed by atoms with Gasteiger partial charge in [0.15, 0.2) is 0 Å². The number of amides is 1. The Hall–Kier alpha value is -3.14. The van der Waals surface area contributed by atoms with Gasteiger partial charge in [-0.1, -0.05) is 24.3 Å². The van der Waals surface area contributed by atoms with Crippen molar-refractivity contribution in [2.24, 2.45) is 0 Å². The molecule has 0 fully saturated rings. The molecule has 4 nitrogen and oxygen atoms in total. The van der Waals surface area contributed by atoms with Crippen LogP contribution in [0.2, 0.25) is 0 Å². The Kier molecular flexibility index (Phi) is 3.38. The molecule has 27 heavy (non-hydrogen) atoms. The third-order valence-corrected chi connectivity index (χ3v) is 5.53. The number of aromatic nitrogens is 2. The van der Waals surface area contributed by atoms with Gasteiger partial charge in [0.1, 0.15) is 5.65 Å². The van der Waals surface area contributed by atoms with E-state index in [4.69, 9.17) is 0 Å². The van der Waals surface area contributed by atoms with E-state index in [0.717, 1.165) is 51.7 Å². The summed E-state index contributed by atoms with van der Waals surface area (Å²) in [5.74, 6) is 0.000419. The van der Waals surface area contributed by atoms with Gasteiger partial charge in [0, 0.05) is 34.5 Å². The standard InChI is InChI=1S/C23H21N3O/c1-23(2)20-11-15(8-9-17(20)22(27)26-23)19-13-25-21-18(19)10-16(12-24-21)14-6-4-3-5-7-14/h4,6-13H,3,5H2,1-2H3,(H,24,25)(H,26,27). The van der Waals surface area contributed by atoms with Crippen LogP contribution in [0.4, 0.5) is 0 Å². The Balaban J connectivity index is 1.65. The summed E-state index contributed by atoms with van der Waals surface area (Å²) in [6.45, 7) is 4.08. The number of carbonyl (C=O) groups is 1. The number of H-pyrrole nitrogens is 1. The van der Waals surface area contributed by atoms with Crippen LogP contribution in [0, 0.1) is 0 Å². The lowest BCUT2D eigenvalue weighted by molar-refractivity contribution is 0.0940. The van der Waals surface area contributed by atoms with E-state index in [2.05, 4.69) is 45.6 Å². The number of benzene rings is 1. The Morgan fingerprint density at radius 3 is 2.78 bits per heavy atom. The molecule has 0 radical (unpaired) electrons. The Labute approximate surface area is 158 Å². The van der Waals surface area contributed by atoms with Gasteiger partial charge in [-0.05, 0) is 61.6 Å². The first-order chi connectivity index (χ1) is 13.0. The molecule has 0 saturated heterocycles. The number of carbonyl (C=O) groups excluding carboxylic acids is 1. The molecule has 0 atom stereocenters. The van der Waals surface area contributed by atoms with Gasteiger partial charge in [-0.2, -0.15) is 0 Å². The summed E-state index contributed by atoms with van der Waals surface area (Å²) >= 11 is 0. The van der Waals surface area contributed by atoms with Crippen LogP contribution >= 0.6 is 0 Å². The largest absolute Gasteiger partial charge is 0.346 e. The minimum absolute atomic E-state index is 0.000419. The molecule has 134 valence electrons. The molecular formula is C23H21N3O. The Morgan fingerprint density at radius 2 is 1.96 bits per heavy atom. The second kappa shape index (κ2) is 5.68. The summed E-state index contributed by atoms with van der Waals surface area (Å²) in [6.07, 6.45) is 12.8. The van der Waals surface area contributed by atoms with E-state index in [1.54, 1.807) is 0 Å². The van der Waals surface area contributed by atoms with E-state index in [0.29, 0.717) is 0 Å². The highest BCUT2D eigenvalue weighted by Gasteiger charge is 2.35. The number of allylic oxidation sites excluding steroid dienone is 4. The van der Waals surface area contributed by atoms with Crippen LogP contribution in [-0.4, -0.2) is 15.9 Å². The van der Waals surface area contributed by atoms with Crippen LogP contribution in [0.15, 0.2) is 54.9 Å². The van der Waals surface area contributed by atoms with Crippen LogP contribution < -0.4 is 5.32 Å². The summed E-state index contributed by atoms with van der Waals surface area (Å²) in [6, 6.07) is 8.28. The summed E-state index contributed by atoms with van der Waals surface area (Å²) < 4.78 is 0. The van der Waals surface area contributed by atoms with E-state index in [1.165, 1.54) is 5.57 Å². The zero-order valence-corrected chi connectivity index (χ0v) is 15.5. The van der Waals surface area contributed by atoms with E-state index in [9.17, 15) is 4.79 Å². The van der Waals surface area contributed by atoms with Crippen molar-refractivity contribution in [3.05, 3.63) is 71.6 Å². The average molecular weight is 355 g/mol. The number of fused-ring (bicyclic) bond motifs is 2. The highest BCUT2D eigenvalue weighted by atomic mass is 16.2. The molecule has 0 unspecified atom stereocenters. The summed E-state index contributed by atoms with van der Waals surface area (Å²) in [5.41, 5.74) is 6.90. The molecule has 2 aromatic heterocycles. The maximum atomic E-state index is 12.2. The molecule has 5 rings (SSSR count). The lowest BCUT2D eigenvalue weighted by Gasteiger charge is -2.19. The molecule has 0 saturated carbocycles. The monoisotopic (exact) mass is 355 g/mol. The SMILES string of the molecule is CC1(C)NC(=O)c2ccc(-c3c[nH]c4ncc(C5=CCCC=C5)cc34)cc21. The predicted molar refractivity (Wildman–Crippen MR) is 108 cm³/mol. The van der Waals surface area contributed by atoms with Crippen LogP contribution in [0.1, 0.15) is 48.2 Å². The lowest BCUT2D eigenvalue weighted by atomic mass is 9.91. The molecule has 1 amide bonds. The van der Waals surface area contributed by atoms with Crippen LogP contribution in [0.5, 0.6) is 0 Å². The maximum Gasteiger partial charge on any atom is 0.252 e. The van der Waals surface area contributed by atoms with Gasteiger partial charge in [-0.15, -0.1) is 0 Å². The first kappa shape index (κ1) is 16.1.